The summed E-state index contributed by atoms with van der Waals surface area (Å²) in [5.74, 6) is -0.842. The summed E-state index contributed by atoms with van der Waals surface area (Å²) in [6.45, 7) is 3.96. The Morgan fingerprint density at radius 2 is 2.17 bits per heavy atom. The average molecular weight is 288 g/mol. The Bertz CT molecular complexity index is 464. The average Bonchev–Trinajstić information content (AvgIpc) is 2.65. The molecule has 1 N–H and O–H groups in total. The van der Waals surface area contributed by atoms with Gasteiger partial charge in [0.1, 0.15) is 0 Å². The largest absolute Gasteiger partial charge is 0.481 e. The molecule has 2 rings (SSSR count). The van der Waals surface area contributed by atoms with E-state index in [2.05, 4.69) is 4.90 Å². The maximum absolute atomic E-state index is 11.1. The van der Waals surface area contributed by atoms with Crippen molar-refractivity contribution >= 4 is 29.2 Å². The zero-order valence-corrected chi connectivity index (χ0v) is 11.6. The molecule has 2 unspecified atom stereocenters. The number of hydrogen-bond acceptors (Lipinski definition) is 2. The van der Waals surface area contributed by atoms with Gasteiger partial charge < -0.3 is 5.11 Å². The van der Waals surface area contributed by atoms with E-state index in [1.807, 2.05) is 13.0 Å². The van der Waals surface area contributed by atoms with E-state index in [1.54, 1.807) is 12.1 Å². The standard InChI is InChI=1S/C13H15Cl2NO2/c1-8-5-16(7-11(8)13(17)18)6-9-4-10(14)2-3-12(9)15/h2-4,8,11H,5-7H2,1H3,(H,17,18). The number of carbonyl (C=O) groups is 1. The number of halogens is 2. The summed E-state index contributed by atoms with van der Waals surface area (Å²) in [5, 5.41) is 10.4. The number of rotatable bonds is 3. The van der Waals surface area contributed by atoms with Crippen molar-refractivity contribution in [3.8, 4) is 0 Å². The number of hydrogen-bond donors (Lipinski definition) is 1. The van der Waals surface area contributed by atoms with Crippen LogP contribution in [0.15, 0.2) is 18.2 Å². The van der Waals surface area contributed by atoms with E-state index in [9.17, 15) is 4.79 Å². The van der Waals surface area contributed by atoms with Crippen molar-refractivity contribution in [2.45, 2.75) is 13.5 Å². The monoisotopic (exact) mass is 287 g/mol. The van der Waals surface area contributed by atoms with Crippen LogP contribution in [-0.4, -0.2) is 29.1 Å². The highest BCUT2D eigenvalue weighted by Crippen LogP contribution is 2.27. The van der Waals surface area contributed by atoms with Gasteiger partial charge in [0.2, 0.25) is 0 Å². The van der Waals surface area contributed by atoms with Gasteiger partial charge in [0.05, 0.1) is 5.92 Å². The van der Waals surface area contributed by atoms with E-state index >= 15 is 0 Å². The van der Waals surface area contributed by atoms with E-state index in [1.165, 1.54) is 0 Å². The van der Waals surface area contributed by atoms with Gasteiger partial charge in [0, 0.05) is 29.7 Å². The number of carboxylic acids is 1. The molecule has 1 saturated heterocycles. The Kier molecular flexibility index (Phi) is 4.15. The molecule has 1 aromatic carbocycles. The fourth-order valence-corrected chi connectivity index (χ4v) is 2.80. The van der Waals surface area contributed by atoms with Gasteiger partial charge in [-0.05, 0) is 29.7 Å². The molecule has 1 aliphatic rings. The molecule has 0 aliphatic carbocycles. The molecule has 5 heteroatoms. The second-order valence-corrected chi connectivity index (χ2v) is 5.70. The highest BCUT2D eigenvalue weighted by molar-refractivity contribution is 6.33. The molecular weight excluding hydrogens is 273 g/mol. The molecule has 98 valence electrons. The lowest BCUT2D eigenvalue weighted by atomic mass is 9.99. The molecule has 1 heterocycles. The second kappa shape index (κ2) is 5.47. The summed E-state index contributed by atoms with van der Waals surface area (Å²) in [4.78, 5) is 13.2. The van der Waals surface area contributed by atoms with Crippen LogP contribution in [0.3, 0.4) is 0 Å². The second-order valence-electron chi connectivity index (χ2n) is 4.85. The minimum Gasteiger partial charge on any atom is -0.481 e. The van der Waals surface area contributed by atoms with Crippen LogP contribution in [0.4, 0.5) is 0 Å². The minimum absolute atomic E-state index is 0.167. The Morgan fingerprint density at radius 1 is 1.44 bits per heavy atom. The molecule has 1 aliphatic heterocycles. The van der Waals surface area contributed by atoms with Gasteiger partial charge in [-0.2, -0.15) is 0 Å². The molecule has 1 aromatic rings. The summed E-state index contributed by atoms with van der Waals surface area (Å²) in [6, 6.07) is 5.36. The van der Waals surface area contributed by atoms with E-state index in [0.717, 1.165) is 12.1 Å². The predicted molar refractivity (Wildman–Crippen MR) is 72.0 cm³/mol. The summed E-state index contributed by atoms with van der Waals surface area (Å²) >= 11 is 12.0. The number of nitrogens with zero attached hydrogens (tertiary/aromatic N) is 1. The Labute approximate surface area is 116 Å². The fraction of sp³-hybridized carbons (Fsp3) is 0.462. The highest BCUT2D eigenvalue weighted by Gasteiger charge is 2.34. The topological polar surface area (TPSA) is 40.5 Å². The number of likely N-dealkylation sites (tertiary alicyclic amines) is 1. The molecule has 0 amide bonds. The molecule has 0 aromatic heterocycles. The van der Waals surface area contributed by atoms with Crippen LogP contribution in [-0.2, 0) is 11.3 Å². The summed E-state index contributed by atoms with van der Waals surface area (Å²) in [7, 11) is 0. The van der Waals surface area contributed by atoms with Crippen molar-refractivity contribution in [3.05, 3.63) is 33.8 Å². The van der Waals surface area contributed by atoms with E-state index in [4.69, 9.17) is 28.3 Å². The zero-order chi connectivity index (χ0) is 13.3. The first-order valence-electron chi connectivity index (χ1n) is 5.86. The normalized spacial score (nSPS) is 24.4. The molecule has 18 heavy (non-hydrogen) atoms. The molecule has 0 spiro atoms. The van der Waals surface area contributed by atoms with Crippen LogP contribution in [0.2, 0.25) is 10.0 Å². The predicted octanol–water partition coefficient (Wildman–Crippen LogP) is 3.15. The number of carboxylic acid groups (broad SMARTS) is 1. The van der Waals surface area contributed by atoms with Gasteiger partial charge in [-0.1, -0.05) is 30.1 Å². The lowest BCUT2D eigenvalue weighted by Gasteiger charge is -2.16. The quantitative estimate of drug-likeness (QED) is 0.929. The van der Waals surface area contributed by atoms with Crippen LogP contribution in [0.25, 0.3) is 0 Å². The number of aliphatic carboxylic acids is 1. The van der Waals surface area contributed by atoms with Crippen LogP contribution in [0.5, 0.6) is 0 Å². The third kappa shape index (κ3) is 2.97. The van der Waals surface area contributed by atoms with Gasteiger partial charge in [-0.3, -0.25) is 9.69 Å². The first kappa shape index (κ1) is 13.7. The van der Waals surface area contributed by atoms with Crippen LogP contribution < -0.4 is 0 Å². The molecule has 0 bridgehead atoms. The van der Waals surface area contributed by atoms with Crippen molar-refractivity contribution in [1.29, 1.82) is 0 Å². The Morgan fingerprint density at radius 3 is 2.78 bits per heavy atom. The van der Waals surface area contributed by atoms with Crippen LogP contribution in [0.1, 0.15) is 12.5 Å². The van der Waals surface area contributed by atoms with Crippen molar-refractivity contribution in [2.24, 2.45) is 11.8 Å². The Hall–Kier alpha value is -0.770. The summed E-state index contributed by atoms with van der Waals surface area (Å²) < 4.78 is 0. The van der Waals surface area contributed by atoms with Gasteiger partial charge in [-0.25, -0.2) is 0 Å². The van der Waals surface area contributed by atoms with Gasteiger partial charge >= 0.3 is 5.97 Å². The molecule has 1 fully saturated rings. The third-order valence-electron chi connectivity index (χ3n) is 3.41. The molecule has 3 nitrogen and oxygen atoms in total. The van der Waals surface area contributed by atoms with Gasteiger partial charge in [0.25, 0.3) is 0 Å². The van der Waals surface area contributed by atoms with Crippen LogP contribution in [0, 0.1) is 11.8 Å². The molecular formula is C13H15Cl2NO2. The van der Waals surface area contributed by atoms with Gasteiger partial charge in [0.15, 0.2) is 0 Å². The van der Waals surface area contributed by atoms with Crippen molar-refractivity contribution in [3.63, 3.8) is 0 Å². The van der Waals surface area contributed by atoms with Crippen LogP contribution >= 0.6 is 23.2 Å². The van der Waals surface area contributed by atoms with Gasteiger partial charge in [-0.15, -0.1) is 0 Å². The third-order valence-corrected chi connectivity index (χ3v) is 4.01. The SMILES string of the molecule is CC1CN(Cc2cc(Cl)ccc2Cl)CC1C(=O)O. The smallest absolute Gasteiger partial charge is 0.308 e. The van der Waals surface area contributed by atoms with Crippen molar-refractivity contribution < 1.29 is 9.90 Å². The fourth-order valence-electron chi connectivity index (χ4n) is 2.42. The number of benzene rings is 1. The van der Waals surface area contributed by atoms with Crippen molar-refractivity contribution in [1.82, 2.24) is 4.90 Å². The summed E-state index contributed by atoms with van der Waals surface area (Å²) in [6.07, 6.45) is 0. The highest BCUT2D eigenvalue weighted by atomic mass is 35.5. The first-order valence-corrected chi connectivity index (χ1v) is 6.62. The lowest BCUT2D eigenvalue weighted by Crippen LogP contribution is -2.23. The molecule has 2 atom stereocenters. The zero-order valence-electron chi connectivity index (χ0n) is 10.1. The lowest BCUT2D eigenvalue weighted by molar-refractivity contribution is -0.142. The summed E-state index contributed by atoms with van der Waals surface area (Å²) in [5.41, 5.74) is 0.947. The van der Waals surface area contributed by atoms with E-state index in [0.29, 0.717) is 23.1 Å². The Balaban J connectivity index is 2.07. The first-order chi connectivity index (χ1) is 8.47. The molecule has 0 radical (unpaired) electrons. The maximum Gasteiger partial charge on any atom is 0.308 e. The molecule has 0 saturated carbocycles. The minimum atomic E-state index is -0.720. The van der Waals surface area contributed by atoms with E-state index < -0.39 is 5.97 Å². The maximum atomic E-state index is 11.1. The van der Waals surface area contributed by atoms with E-state index in [-0.39, 0.29) is 11.8 Å². The van der Waals surface area contributed by atoms with Crippen molar-refractivity contribution in [2.75, 3.05) is 13.1 Å².